The second-order valence-electron chi connectivity index (χ2n) is 9.02. The van der Waals surface area contributed by atoms with Gasteiger partial charge in [-0.2, -0.15) is 5.10 Å². The summed E-state index contributed by atoms with van der Waals surface area (Å²) in [5.41, 5.74) is 7.50. The molecule has 2 aromatic carbocycles. The number of aromatic nitrogens is 2. The highest BCUT2D eigenvalue weighted by atomic mass is 16.2. The first-order valence-electron chi connectivity index (χ1n) is 11.9. The molecule has 5 rings (SSSR count). The lowest BCUT2D eigenvalue weighted by atomic mass is 9.99. The zero-order valence-corrected chi connectivity index (χ0v) is 19.1. The van der Waals surface area contributed by atoms with Crippen LogP contribution in [-0.4, -0.2) is 39.6 Å². The molecule has 0 atom stereocenters. The first-order valence-corrected chi connectivity index (χ1v) is 11.9. The van der Waals surface area contributed by atoms with Crippen molar-refractivity contribution in [2.45, 2.75) is 52.0 Å². The Morgan fingerprint density at radius 3 is 2.64 bits per heavy atom. The topological polar surface area (TPSA) is 67.2 Å². The Morgan fingerprint density at radius 1 is 1.00 bits per heavy atom. The fraction of sp³-hybridized carbons (Fsp3) is 0.370. The van der Waals surface area contributed by atoms with Crippen molar-refractivity contribution in [1.82, 2.24) is 20.0 Å². The monoisotopic (exact) mass is 442 g/mol. The van der Waals surface area contributed by atoms with Gasteiger partial charge in [-0.3, -0.25) is 9.59 Å². The number of benzene rings is 2. The molecule has 1 N–H and O–H groups in total. The summed E-state index contributed by atoms with van der Waals surface area (Å²) in [6.45, 7) is 3.99. The third-order valence-electron chi connectivity index (χ3n) is 6.83. The molecule has 0 bridgehead atoms. The maximum absolute atomic E-state index is 12.9. The lowest BCUT2D eigenvalue weighted by Gasteiger charge is -2.29. The van der Waals surface area contributed by atoms with Crippen LogP contribution in [0.25, 0.3) is 5.69 Å². The molecule has 2 aliphatic rings. The van der Waals surface area contributed by atoms with Gasteiger partial charge in [-0.1, -0.05) is 42.5 Å². The van der Waals surface area contributed by atoms with Gasteiger partial charge in [-0.25, -0.2) is 4.68 Å². The van der Waals surface area contributed by atoms with Crippen LogP contribution in [0.4, 0.5) is 0 Å². The lowest BCUT2D eigenvalue weighted by molar-refractivity contribution is -0.132. The van der Waals surface area contributed by atoms with Crippen LogP contribution in [0.1, 0.15) is 57.7 Å². The van der Waals surface area contributed by atoms with E-state index in [-0.39, 0.29) is 11.8 Å². The van der Waals surface area contributed by atoms with Crippen LogP contribution in [0.15, 0.2) is 48.5 Å². The van der Waals surface area contributed by atoms with E-state index in [1.54, 1.807) is 0 Å². The average Bonchev–Trinajstić information content (AvgIpc) is 3.45. The zero-order valence-electron chi connectivity index (χ0n) is 19.1. The maximum atomic E-state index is 12.9. The Morgan fingerprint density at radius 2 is 1.79 bits per heavy atom. The van der Waals surface area contributed by atoms with E-state index >= 15 is 0 Å². The largest absolute Gasteiger partial charge is 0.351 e. The van der Waals surface area contributed by atoms with Crippen molar-refractivity contribution in [3.05, 3.63) is 82.2 Å². The van der Waals surface area contributed by atoms with Crippen LogP contribution >= 0.6 is 0 Å². The fourth-order valence-electron chi connectivity index (χ4n) is 5.01. The van der Waals surface area contributed by atoms with Crippen molar-refractivity contribution in [2.75, 3.05) is 13.1 Å². The third-order valence-corrected chi connectivity index (χ3v) is 6.83. The van der Waals surface area contributed by atoms with E-state index in [0.29, 0.717) is 31.6 Å². The minimum atomic E-state index is -0.139. The van der Waals surface area contributed by atoms with Gasteiger partial charge in [0, 0.05) is 37.3 Å². The number of aryl methyl sites for hydroxylation is 1. The maximum Gasteiger partial charge on any atom is 0.272 e. The first kappa shape index (κ1) is 21.4. The van der Waals surface area contributed by atoms with Crippen molar-refractivity contribution >= 4 is 11.8 Å². The average molecular weight is 443 g/mol. The summed E-state index contributed by atoms with van der Waals surface area (Å²) in [7, 11) is 0. The molecule has 6 heteroatoms. The number of carbonyl (C=O) groups excluding carboxylic acids is 2. The van der Waals surface area contributed by atoms with Crippen molar-refractivity contribution in [2.24, 2.45) is 0 Å². The van der Waals surface area contributed by atoms with Gasteiger partial charge in [0.2, 0.25) is 5.91 Å². The number of para-hydroxylation sites is 1. The number of amides is 2. The highest BCUT2D eigenvalue weighted by Crippen LogP contribution is 2.29. The van der Waals surface area contributed by atoms with Gasteiger partial charge in [-0.15, -0.1) is 0 Å². The van der Waals surface area contributed by atoms with E-state index in [1.807, 2.05) is 33.8 Å². The Kier molecular flexibility index (Phi) is 5.99. The molecule has 1 aromatic heterocycles. The predicted octanol–water partition coefficient (Wildman–Crippen LogP) is 3.76. The molecular formula is C27H30N4O2. The molecular weight excluding hydrogens is 412 g/mol. The Hall–Kier alpha value is -3.41. The van der Waals surface area contributed by atoms with E-state index in [9.17, 15) is 9.59 Å². The summed E-state index contributed by atoms with van der Waals surface area (Å²) in [5.74, 6) is 0.0170. The first-order chi connectivity index (χ1) is 16.1. The SMILES string of the molecule is Cc1ccccc1-n1nc(C(=O)NCCCC(=O)N2CCc3ccccc3C2)c2c1CCC2. The molecule has 0 radical (unpaired) electrons. The highest BCUT2D eigenvalue weighted by molar-refractivity contribution is 5.94. The van der Waals surface area contributed by atoms with Crippen molar-refractivity contribution in [3.8, 4) is 5.69 Å². The number of hydrogen-bond donors (Lipinski definition) is 1. The molecule has 0 saturated carbocycles. The lowest BCUT2D eigenvalue weighted by Crippen LogP contribution is -2.36. The summed E-state index contributed by atoms with van der Waals surface area (Å²) in [4.78, 5) is 27.5. The molecule has 0 unspecified atom stereocenters. The van der Waals surface area contributed by atoms with Gasteiger partial charge < -0.3 is 10.2 Å². The van der Waals surface area contributed by atoms with E-state index in [2.05, 4.69) is 36.5 Å². The summed E-state index contributed by atoms with van der Waals surface area (Å²) in [6.07, 6.45) is 4.86. The van der Waals surface area contributed by atoms with Crippen molar-refractivity contribution in [1.29, 1.82) is 0 Å². The van der Waals surface area contributed by atoms with Crippen LogP contribution in [0, 0.1) is 6.92 Å². The number of fused-ring (bicyclic) bond motifs is 2. The zero-order chi connectivity index (χ0) is 22.8. The molecule has 2 heterocycles. The third kappa shape index (κ3) is 4.30. The Balaban J connectivity index is 1.17. The van der Waals surface area contributed by atoms with Crippen molar-refractivity contribution < 1.29 is 9.59 Å². The van der Waals surface area contributed by atoms with Gasteiger partial charge >= 0.3 is 0 Å². The Labute approximate surface area is 194 Å². The van der Waals surface area contributed by atoms with E-state index < -0.39 is 0 Å². The van der Waals surface area contributed by atoms with Gasteiger partial charge in [0.15, 0.2) is 5.69 Å². The number of nitrogens with one attached hydrogen (secondary N) is 1. The smallest absolute Gasteiger partial charge is 0.272 e. The normalized spacial score (nSPS) is 14.6. The number of nitrogens with zero attached hydrogens (tertiary/aromatic N) is 3. The van der Waals surface area contributed by atoms with Crippen molar-refractivity contribution in [3.63, 3.8) is 0 Å². The quantitative estimate of drug-likeness (QED) is 0.591. The van der Waals surface area contributed by atoms with Crippen LogP contribution < -0.4 is 5.32 Å². The molecule has 0 spiro atoms. The minimum Gasteiger partial charge on any atom is -0.351 e. The summed E-state index contributed by atoms with van der Waals surface area (Å²) in [5, 5.41) is 7.70. The molecule has 2 amide bonds. The number of hydrogen-bond acceptors (Lipinski definition) is 3. The van der Waals surface area contributed by atoms with Gasteiger partial charge in [0.25, 0.3) is 5.91 Å². The number of rotatable bonds is 6. The van der Waals surface area contributed by atoms with Crippen LogP contribution in [0.2, 0.25) is 0 Å². The summed E-state index contributed by atoms with van der Waals surface area (Å²) >= 11 is 0. The van der Waals surface area contributed by atoms with Crippen LogP contribution in [0.5, 0.6) is 0 Å². The van der Waals surface area contributed by atoms with Gasteiger partial charge in [0.1, 0.15) is 0 Å². The standard InChI is InChI=1S/C27H30N4O2/c1-19-8-2-5-12-23(19)31-24-13-6-11-22(24)26(29-31)27(33)28-16-7-14-25(32)30-17-15-20-9-3-4-10-21(20)18-30/h2-5,8-10,12H,6-7,11,13-18H2,1H3,(H,28,33). The molecule has 0 fully saturated rings. The van der Waals surface area contributed by atoms with E-state index in [4.69, 9.17) is 5.10 Å². The summed E-state index contributed by atoms with van der Waals surface area (Å²) in [6, 6.07) is 16.5. The fourth-order valence-corrected chi connectivity index (χ4v) is 5.01. The van der Waals surface area contributed by atoms with Gasteiger partial charge in [-0.05, 0) is 61.8 Å². The van der Waals surface area contributed by atoms with Gasteiger partial charge in [0.05, 0.1) is 5.69 Å². The van der Waals surface area contributed by atoms with Crippen LogP contribution in [-0.2, 0) is 30.6 Å². The number of carbonyl (C=O) groups is 2. The molecule has 1 aliphatic heterocycles. The predicted molar refractivity (Wildman–Crippen MR) is 127 cm³/mol. The summed E-state index contributed by atoms with van der Waals surface area (Å²) < 4.78 is 1.95. The van der Waals surface area contributed by atoms with E-state index in [1.165, 1.54) is 11.1 Å². The second-order valence-corrected chi connectivity index (χ2v) is 9.02. The molecule has 33 heavy (non-hydrogen) atoms. The molecule has 1 aliphatic carbocycles. The molecule has 0 saturated heterocycles. The van der Waals surface area contributed by atoms with Crippen LogP contribution in [0.3, 0.4) is 0 Å². The van der Waals surface area contributed by atoms with E-state index in [0.717, 1.165) is 54.7 Å². The molecule has 170 valence electrons. The molecule has 3 aromatic rings. The highest BCUT2D eigenvalue weighted by Gasteiger charge is 2.27. The second kappa shape index (κ2) is 9.22. The molecule has 6 nitrogen and oxygen atoms in total. The Bertz CT molecular complexity index is 1200. The minimum absolute atomic E-state index is 0.139.